The average molecular weight is 286 g/mol. The molecule has 0 saturated heterocycles. The molecule has 1 aromatic carbocycles. The summed E-state index contributed by atoms with van der Waals surface area (Å²) in [5.41, 5.74) is 1.85. The third kappa shape index (κ3) is 3.55. The van der Waals surface area contributed by atoms with E-state index >= 15 is 0 Å². The number of hydrogen-bond donors (Lipinski definition) is 1. The molecule has 1 heterocycles. The predicted octanol–water partition coefficient (Wildman–Crippen LogP) is 3.03. The van der Waals surface area contributed by atoms with Crippen molar-refractivity contribution in [3.8, 4) is 0 Å². The van der Waals surface area contributed by atoms with Crippen LogP contribution in [0, 0.1) is 5.82 Å². The maximum absolute atomic E-state index is 13.0. The second-order valence-corrected chi connectivity index (χ2v) is 5.24. The zero-order chi connectivity index (χ0) is 14.7. The van der Waals surface area contributed by atoms with Crippen LogP contribution in [0.4, 0.5) is 15.9 Å². The first-order chi connectivity index (χ1) is 10.3. The lowest BCUT2D eigenvalue weighted by atomic mass is 10.2. The molecule has 0 aliphatic heterocycles. The molecule has 0 bridgehead atoms. The van der Waals surface area contributed by atoms with Gasteiger partial charge in [-0.25, -0.2) is 9.37 Å². The zero-order valence-electron chi connectivity index (χ0n) is 12.1. The number of halogens is 1. The molecule has 0 radical (unpaired) electrons. The molecule has 1 aliphatic carbocycles. The van der Waals surface area contributed by atoms with E-state index in [0.29, 0.717) is 6.04 Å². The lowest BCUT2D eigenvalue weighted by Gasteiger charge is -2.22. The Bertz CT molecular complexity index is 595. The second kappa shape index (κ2) is 6.18. The molecule has 1 saturated carbocycles. The zero-order valence-corrected chi connectivity index (χ0v) is 12.1. The molecule has 5 heteroatoms. The summed E-state index contributed by atoms with van der Waals surface area (Å²) in [6, 6.07) is 7.09. The van der Waals surface area contributed by atoms with Crippen LogP contribution in [0.2, 0.25) is 0 Å². The molecule has 1 fully saturated rings. The molecule has 0 unspecified atom stereocenters. The van der Waals surface area contributed by atoms with Crippen molar-refractivity contribution < 1.29 is 4.39 Å². The smallest absolute Gasteiger partial charge is 0.151 e. The number of anilines is 2. The Labute approximate surface area is 124 Å². The highest BCUT2D eigenvalue weighted by atomic mass is 19.1. The minimum Gasteiger partial charge on any atom is -0.325 e. The maximum atomic E-state index is 13.0. The number of rotatable bonds is 6. The fraction of sp³-hybridized carbons (Fsp3) is 0.375. The van der Waals surface area contributed by atoms with Gasteiger partial charge in [-0.1, -0.05) is 0 Å². The van der Waals surface area contributed by atoms with Crippen LogP contribution in [0.15, 0.2) is 36.7 Å². The highest BCUT2D eigenvalue weighted by molar-refractivity contribution is 5.58. The van der Waals surface area contributed by atoms with Crippen LogP contribution in [-0.4, -0.2) is 22.6 Å². The van der Waals surface area contributed by atoms with Gasteiger partial charge in [0.1, 0.15) is 5.82 Å². The summed E-state index contributed by atoms with van der Waals surface area (Å²) in [6.45, 7) is 3.53. The van der Waals surface area contributed by atoms with E-state index in [0.717, 1.165) is 30.3 Å². The molecule has 2 aromatic rings. The molecule has 1 aromatic heterocycles. The van der Waals surface area contributed by atoms with E-state index in [9.17, 15) is 4.39 Å². The summed E-state index contributed by atoms with van der Waals surface area (Å²) in [6.07, 6.45) is 6.04. The van der Waals surface area contributed by atoms with Crippen LogP contribution in [0.1, 0.15) is 25.5 Å². The number of benzene rings is 1. The third-order valence-electron chi connectivity index (χ3n) is 3.55. The highest BCUT2D eigenvalue weighted by Gasteiger charge is 2.20. The van der Waals surface area contributed by atoms with Crippen LogP contribution in [0.3, 0.4) is 0 Å². The molecule has 0 amide bonds. The Morgan fingerprint density at radius 1 is 1.24 bits per heavy atom. The second-order valence-electron chi connectivity index (χ2n) is 5.24. The Morgan fingerprint density at radius 3 is 2.67 bits per heavy atom. The van der Waals surface area contributed by atoms with Crippen molar-refractivity contribution in [2.45, 2.75) is 32.4 Å². The standard InChI is InChI=1S/C16H19FN4/c1-2-21(15-7-3-12(17)4-8-15)16-11-18-9-14(20-16)10-19-13-5-6-13/h3-4,7-9,11,13,19H,2,5-6,10H2,1H3. The minimum absolute atomic E-state index is 0.233. The van der Waals surface area contributed by atoms with Crippen LogP contribution >= 0.6 is 0 Å². The molecule has 21 heavy (non-hydrogen) atoms. The third-order valence-corrected chi connectivity index (χ3v) is 3.55. The normalized spacial score (nSPS) is 14.2. The topological polar surface area (TPSA) is 41.1 Å². The summed E-state index contributed by atoms with van der Waals surface area (Å²) >= 11 is 0. The van der Waals surface area contributed by atoms with Crippen molar-refractivity contribution in [1.29, 1.82) is 0 Å². The largest absolute Gasteiger partial charge is 0.325 e. The SMILES string of the molecule is CCN(c1ccc(F)cc1)c1cncc(CNC2CC2)n1. The number of aromatic nitrogens is 2. The van der Waals surface area contributed by atoms with Gasteiger partial charge >= 0.3 is 0 Å². The number of hydrogen-bond acceptors (Lipinski definition) is 4. The van der Waals surface area contributed by atoms with Crippen molar-refractivity contribution in [3.63, 3.8) is 0 Å². The molecule has 0 atom stereocenters. The van der Waals surface area contributed by atoms with E-state index < -0.39 is 0 Å². The first-order valence-corrected chi connectivity index (χ1v) is 7.33. The van der Waals surface area contributed by atoms with Crippen molar-refractivity contribution in [3.05, 3.63) is 48.2 Å². The van der Waals surface area contributed by atoms with Crippen LogP contribution < -0.4 is 10.2 Å². The molecular weight excluding hydrogens is 267 g/mol. The van der Waals surface area contributed by atoms with Gasteiger partial charge in [0.25, 0.3) is 0 Å². The molecule has 110 valence electrons. The van der Waals surface area contributed by atoms with E-state index in [1.54, 1.807) is 24.5 Å². The van der Waals surface area contributed by atoms with Crippen molar-refractivity contribution in [2.75, 3.05) is 11.4 Å². The Kier molecular flexibility index (Phi) is 4.10. The molecule has 3 rings (SSSR count). The van der Waals surface area contributed by atoms with Crippen molar-refractivity contribution in [2.24, 2.45) is 0 Å². The molecule has 0 spiro atoms. The van der Waals surface area contributed by atoms with Gasteiger partial charge in [0.05, 0.1) is 11.9 Å². The van der Waals surface area contributed by atoms with Gasteiger partial charge < -0.3 is 10.2 Å². The molecule has 4 nitrogen and oxygen atoms in total. The van der Waals surface area contributed by atoms with E-state index in [4.69, 9.17) is 0 Å². The first-order valence-electron chi connectivity index (χ1n) is 7.33. The summed E-state index contributed by atoms with van der Waals surface area (Å²) in [5, 5.41) is 3.43. The minimum atomic E-state index is -0.233. The summed E-state index contributed by atoms with van der Waals surface area (Å²) < 4.78 is 13.0. The Hall–Kier alpha value is -2.01. The summed E-state index contributed by atoms with van der Waals surface area (Å²) in [7, 11) is 0. The highest BCUT2D eigenvalue weighted by Crippen LogP contribution is 2.23. The van der Waals surface area contributed by atoms with E-state index in [1.165, 1.54) is 25.0 Å². The van der Waals surface area contributed by atoms with Crippen LogP contribution in [-0.2, 0) is 6.54 Å². The van der Waals surface area contributed by atoms with Gasteiger partial charge in [0.15, 0.2) is 5.82 Å². The van der Waals surface area contributed by atoms with Gasteiger partial charge in [0, 0.05) is 31.0 Å². The maximum Gasteiger partial charge on any atom is 0.151 e. The van der Waals surface area contributed by atoms with Crippen molar-refractivity contribution in [1.82, 2.24) is 15.3 Å². The quantitative estimate of drug-likeness (QED) is 0.886. The fourth-order valence-corrected chi connectivity index (χ4v) is 2.24. The number of nitrogens with zero attached hydrogens (tertiary/aromatic N) is 3. The number of nitrogens with one attached hydrogen (secondary N) is 1. The fourth-order valence-electron chi connectivity index (χ4n) is 2.24. The van der Waals surface area contributed by atoms with Crippen LogP contribution in [0.5, 0.6) is 0 Å². The summed E-state index contributed by atoms with van der Waals surface area (Å²) in [5.74, 6) is 0.558. The first kappa shape index (κ1) is 13.9. The van der Waals surface area contributed by atoms with E-state index in [-0.39, 0.29) is 5.82 Å². The Balaban J connectivity index is 1.78. The lowest BCUT2D eigenvalue weighted by Crippen LogP contribution is -2.20. The summed E-state index contributed by atoms with van der Waals surface area (Å²) in [4.78, 5) is 10.9. The van der Waals surface area contributed by atoms with Gasteiger partial charge in [-0.05, 0) is 44.0 Å². The van der Waals surface area contributed by atoms with Gasteiger partial charge in [-0.15, -0.1) is 0 Å². The van der Waals surface area contributed by atoms with E-state index in [1.807, 2.05) is 11.8 Å². The van der Waals surface area contributed by atoms with E-state index in [2.05, 4.69) is 15.3 Å². The molecule has 1 N–H and O–H groups in total. The molecular formula is C16H19FN4. The van der Waals surface area contributed by atoms with Crippen LogP contribution in [0.25, 0.3) is 0 Å². The van der Waals surface area contributed by atoms with Gasteiger partial charge in [-0.2, -0.15) is 0 Å². The monoisotopic (exact) mass is 286 g/mol. The molecule has 1 aliphatic rings. The van der Waals surface area contributed by atoms with Crippen molar-refractivity contribution >= 4 is 11.5 Å². The predicted molar refractivity (Wildman–Crippen MR) is 81.0 cm³/mol. The van der Waals surface area contributed by atoms with Gasteiger partial charge in [-0.3, -0.25) is 4.98 Å². The Morgan fingerprint density at radius 2 is 2.00 bits per heavy atom. The van der Waals surface area contributed by atoms with Gasteiger partial charge in [0.2, 0.25) is 0 Å². The average Bonchev–Trinajstić information content (AvgIpc) is 3.33. The lowest BCUT2D eigenvalue weighted by molar-refractivity contribution is 0.627.